The van der Waals surface area contributed by atoms with Crippen LogP contribution in [0.15, 0.2) is 243 Å². The van der Waals surface area contributed by atoms with Crippen molar-refractivity contribution in [2.24, 2.45) is 0 Å². The maximum atomic E-state index is 14.0. The van der Waals surface area contributed by atoms with Crippen molar-refractivity contribution in [1.29, 1.82) is 0 Å². The minimum absolute atomic E-state index is 0.231. The molecule has 8 bridgehead atoms. The molecule has 0 heterocycles. The van der Waals surface area contributed by atoms with Gasteiger partial charge in [-0.25, -0.2) is 0 Å². The molecular weight excluding hydrogens is 1390 g/mol. The van der Waals surface area contributed by atoms with Gasteiger partial charge in [0.1, 0.15) is 23.0 Å². The molecule has 0 saturated carbocycles. The summed E-state index contributed by atoms with van der Waals surface area (Å²) in [6.07, 6.45) is 4.60. The maximum Gasteiger partial charge on any atom is 0.126 e. The summed E-state index contributed by atoms with van der Waals surface area (Å²) >= 11 is 9.44. The second kappa shape index (κ2) is 37.0. The largest absolute Gasteiger partial charge is 0.507 e. The van der Waals surface area contributed by atoms with Crippen LogP contribution in [-0.2, 0) is 78.0 Å². The van der Waals surface area contributed by atoms with E-state index in [9.17, 15) is 10.2 Å². The third-order valence-electron chi connectivity index (χ3n) is 21.8. The Balaban J connectivity index is 1.12. The second-order valence-corrected chi connectivity index (χ2v) is 31.7. The molecule has 0 atom stereocenters. The summed E-state index contributed by atoms with van der Waals surface area (Å²) in [5.41, 5.74) is 30.3. The minimum Gasteiger partial charge on any atom is -0.507 e. The highest BCUT2D eigenvalue weighted by Crippen LogP contribution is 2.45. The summed E-state index contributed by atoms with van der Waals surface area (Å²) in [6, 6.07) is 88.7. The van der Waals surface area contributed by atoms with Crippen LogP contribution >= 0.6 is 25.3 Å². The highest BCUT2D eigenvalue weighted by atomic mass is 32.1. The normalized spacial score (nSPS) is 11.9. The predicted molar refractivity (Wildman–Crippen MR) is 466 cm³/mol. The van der Waals surface area contributed by atoms with Crippen molar-refractivity contribution < 1.29 is 19.7 Å². The fourth-order valence-corrected chi connectivity index (χ4v) is 16.2. The predicted octanol–water partition coefficient (Wildman–Crippen LogP) is 23.2. The van der Waals surface area contributed by atoms with E-state index in [1.807, 2.05) is 0 Å². The number of aromatic hydroxyl groups is 2. The number of hydrogen-bond acceptors (Lipinski definition) is 10. The van der Waals surface area contributed by atoms with E-state index in [4.69, 9.17) is 34.7 Å². The van der Waals surface area contributed by atoms with Crippen molar-refractivity contribution in [3.63, 3.8) is 0 Å². The highest BCUT2D eigenvalue weighted by molar-refractivity contribution is 7.80. The van der Waals surface area contributed by atoms with Gasteiger partial charge in [-0.15, -0.1) is 0 Å². The highest BCUT2D eigenvalue weighted by Gasteiger charge is 2.28. The van der Waals surface area contributed by atoms with Gasteiger partial charge in [-0.3, -0.25) is 0 Å². The number of anilines is 4. The Hall–Kier alpha value is -10.3. The lowest BCUT2D eigenvalue weighted by molar-refractivity contribution is 0.304. The van der Waals surface area contributed by atoms with Gasteiger partial charge in [0.05, 0.1) is 13.2 Å². The molecule has 1 aliphatic carbocycles. The molecule has 0 fully saturated rings. The van der Waals surface area contributed by atoms with Crippen LogP contribution in [0.1, 0.15) is 159 Å². The Bertz CT molecular complexity index is 4800. The number of unbranched alkanes of at least 4 members (excludes halogenated alkanes) is 2. The van der Waals surface area contributed by atoms with Gasteiger partial charge >= 0.3 is 0 Å². The molecular formula is C100H108N4O4S2. The molecule has 564 valence electrons. The van der Waals surface area contributed by atoms with E-state index in [2.05, 4.69) is 318 Å². The van der Waals surface area contributed by atoms with E-state index in [1.54, 1.807) is 0 Å². The van der Waals surface area contributed by atoms with E-state index in [0.717, 1.165) is 116 Å². The molecule has 110 heavy (non-hydrogen) atoms. The van der Waals surface area contributed by atoms with Gasteiger partial charge in [-0.1, -0.05) is 216 Å². The molecule has 13 rings (SSSR count). The van der Waals surface area contributed by atoms with Crippen LogP contribution in [0, 0.1) is 55.4 Å². The zero-order valence-electron chi connectivity index (χ0n) is 65.6. The van der Waals surface area contributed by atoms with Gasteiger partial charge in [0.25, 0.3) is 0 Å². The quantitative estimate of drug-likeness (QED) is 0.0262. The Kier molecular flexibility index (Phi) is 26.2. The third kappa shape index (κ3) is 20.0. The summed E-state index contributed by atoms with van der Waals surface area (Å²) in [6.45, 7) is 23.5. The summed E-state index contributed by atoms with van der Waals surface area (Å²) in [7, 11) is 0. The number of thiol groups is 2. The van der Waals surface area contributed by atoms with Crippen LogP contribution in [0.25, 0.3) is 0 Å². The molecule has 1 aliphatic rings. The first-order valence-electron chi connectivity index (χ1n) is 39.4. The van der Waals surface area contributed by atoms with Gasteiger partial charge in [0.2, 0.25) is 0 Å². The van der Waals surface area contributed by atoms with Crippen molar-refractivity contribution in [2.75, 3.05) is 44.3 Å². The lowest BCUT2D eigenvalue weighted by atomic mass is 9.89. The molecule has 12 aromatic rings. The maximum absolute atomic E-state index is 14.0. The lowest BCUT2D eigenvalue weighted by Gasteiger charge is -2.31. The Labute approximate surface area is 665 Å². The third-order valence-corrected chi connectivity index (χ3v) is 22.5. The fraction of sp³-hybridized carbons (Fsp3) is 0.280. The van der Waals surface area contributed by atoms with Crippen molar-refractivity contribution in [1.82, 2.24) is 0 Å². The van der Waals surface area contributed by atoms with Crippen molar-refractivity contribution in [2.45, 2.75) is 159 Å². The molecule has 0 spiro atoms. The molecule has 8 nitrogen and oxygen atoms in total. The zero-order valence-corrected chi connectivity index (χ0v) is 67.4. The van der Waals surface area contributed by atoms with E-state index in [0.29, 0.717) is 91.3 Å². The number of ether oxygens (including phenoxy) is 2. The van der Waals surface area contributed by atoms with Crippen molar-refractivity contribution in [3.8, 4) is 23.0 Å². The van der Waals surface area contributed by atoms with E-state index < -0.39 is 0 Å². The molecule has 0 unspecified atom stereocenters. The molecule has 0 aromatic heterocycles. The second-order valence-electron chi connectivity index (χ2n) is 30.8. The van der Waals surface area contributed by atoms with Crippen LogP contribution in [0.5, 0.6) is 23.0 Å². The number of nitrogens with zero attached hydrogens (tertiary/aromatic N) is 4. The van der Waals surface area contributed by atoms with Crippen LogP contribution in [0.3, 0.4) is 0 Å². The number of benzene rings is 12. The molecule has 12 aromatic carbocycles. The van der Waals surface area contributed by atoms with Gasteiger partial charge in [-0.05, 0) is 208 Å². The molecule has 0 aliphatic heterocycles. The lowest BCUT2D eigenvalue weighted by Crippen LogP contribution is -2.24. The number of phenols is 2. The van der Waals surface area contributed by atoms with Crippen LogP contribution in [0.4, 0.5) is 22.7 Å². The Morgan fingerprint density at radius 2 is 0.500 bits per heavy atom. The first-order valence-corrected chi connectivity index (χ1v) is 40.6. The number of rotatable bonds is 30. The topological polar surface area (TPSA) is 71.9 Å². The summed E-state index contributed by atoms with van der Waals surface area (Å²) in [4.78, 5) is 10.0. The molecule has 10 heteroatoms. The number of phenolic OH excluding ortho intramolecular Hbond substituents is 2. The van der Waals surface area contributed by atoms with Gasteiger partial charge < -0.3 is 39.3 Å². The van der Waals surface area contributed by atoms with Crippen LogP contribution in [-0.4, -0.2) is 34.9 Å². The van der Waals surface area contributed by atoms with Crippen molar-refractivity contribution >= 4 is 48.0 Å². The monoisotopic (exact) mass is 1490 g/mol. The first kappa shape index (κ1) is 77.9. The summed E-state index contributed by atoms with van der Waals surface area (Å²) in [5, 5.41) is 28.0. The standard InChI is InChI=1S/C100H108N4O4S2/c1-69-33-37-81(73(5)45-69)65-102(63-79-29-17-11-18-30-79)95-57-89-49-85-53-93(101(61-77-25-13-9-14-26-77)62-78-27-15-10-16-28-78)54-86(97(85)105)50-90-58-96(103(64-80-31-19-12-20-32-80)66-82-38-34-70(2)46-74(82)6)60-92(100(90)108-42-22-24-44-110)52-88-56-94(55-87(98(88)106)51-91(59-95)99(89)107-41-21-23-43-109)104(67-83-39-35-71(3)47-75(83)7)68-84-40-36-72(4)48-76(84)8/h9-20,25-40,45-48,53-60,105-106,109-110H,21-24,41-44,49-52,61-68H2,1-8H3. The van der Waals surface area contributed by atoms with Gasteiger partial charge in [0, 0.05) is 145 Å². The number of hydrogen-bond donors (Lipinski definition) is 4. The Morgan fingerprint density at radius 3 is 0.736 bits per heavy atom. The van der Waals surface area contributed by atoms with Crippen molar-refractivity contribution in [3.05, 3.63) is 376 Å². The summed E-state index contributed by atoms with van der Waals surface area (Å²) in [5.74, 6) is 3.44. The van der Waals surface area contributed by atoms with E-state index in [-0.39, 0.29) is 11.5 Å². The number of fused-ring (bicyclic) bond motifs is 8. The van der Waals surface area contributed by atoms with Crippen LogP contribution in [0.2, 0.25) is 0 Å². The van der Waals surface area contributed by atoms with Crippen LogP contribution < -0.4 is 29.1 Å². The SMILES string of the molecule is Cc1ccc(CN(Cc2ccccc2)c2cc3c(OCCCCS)c(c2)Cc2cc(N(Cc4ccc(C)cc4C)Cc4ccc(C)cc4C)cc(c2O)Cc2cc(N(Cc4ccccc4)Cc4ccc(C)cc4C)cc(c2OCCCCS)Cc2cc(N(Cc4ccccc4)Cc4ccccc4)cc(c2O)C3)c(C)c1. The Morgan fingerprint density at radius 1 is 0.273 bits per heavy atom. The molecule has 2 N–H and O–H groups in total. The van der Waals surface area contributed by atoms with Gasteiger partial charge in [0.15, 0.2) is 0 Å². The zero-order chi connectivity index (χ0) is 76.6. The number of aryl methyl sites for hydroxylation is 8. The molecule has 0 radical (unpaired) electrons. The van der Waals surface area contributed by atoms with Gasteiger partial charge in [-0.2, -0.15) is 25.3 Å². The van der Waals surface area contributed by atoms with E-state index >= 15 is 0 Å². The molecule has 0 amide bonds. The minimum atomic E-state index is 0.231. The fourth-order valence-electron chi connectivity index (χ4n) is 15.8. The summed E-state index contributed by atoms with van der Waals surface area (Å²) < 4.78 is 14.9. The average Bonchev–Trinajstić information content (AvgIpc) is 0.748. The van der Waals surface area contributed by atoms with E-state index in [1.165, 1.54) is 89.0 Å². The first-order chi connectivity index (χ1) is 53.5. The smallest absolute Gasteiger partial charge is 0.126 e. The molecule has 0 saturated heterocycles. The average molecular weight is 1490 g/mol.